The number of hydrogen-bond acceptors (Lipinski definition) is 3. The lowest BCUT2D eigenvalue weighted by Crippen LogP contribution is -2.04. The molecule has 90 valence electrons. The second-order valence-corrected chi connectivity index (χ2v) is 5.30. The van der Waals surface area contributed by atoms with Crippen molar-refractivity contribution in [2.45, 2.75) is 52.4 Å². The van der Waals surface area contributed by atoms with Crippen molar-refractivity contribution in [3.8, 4) is 0 Å². The van der Waals surface area contributed by atoms with E-state index in [-0.39, 0.29) is 5.69 Å². The van der Waals surface area contributed by atoms with Crippen molar-refractivity contribution in [3.05, 3.63) is 15.6 Å². The molecule has 1 heterocycles. The number of aromatic carboxylic acids is 1. The van der Waals surface area contributed by atoms with Gasteiger partial charge in [-0.3, -0.25) is 0 Å². The zero-order chi connectivity index (χ0) is 12.3. The number of carboxylic acids is 1. The first-order valence-corrected chi connectivity index (χ1v) is 6.56. The summed E-state index contributed by atoms with van der Waals surface area (Å²) in [6, 6.07) is 0. The average Bonchev–Trinajstić information content (AvgIpc) is 2.64. The number of hydrogen-bond donors (Lipinski definition) is 1. The molecule has 0 radical (unpaired) electrons. The molecule has 16 heavy (non-hydrogen) atoms. The van der Waals surface area contributed by atoms with Crippen LogP contribution in [0.5, 0.6) is 0 Å². The largest absolute Gasteiger partial charge is 0.476 e. The zero-order valence-electron chi connectivity index (χ0n) is 10.3. The van der Waals surface area contributed by atoms with E-state index in [4.69, 9.17) is 5.11 Å². The fraction of sp³-hybridized carbons (Fsp3) is 0.667. The topological polar surface area (TPSA) is 50.2 Å². The van der Waals surface area contributed by atoms with Crippen LogP contribution in [0.4, 0.5) is 0 Å². The standard InChI is InChI=1S/C12H19NO2S/c1-5-8(6-2)10-9(12(14)15)13-11(16-10)7(3)4/h7-8H,5-6H2,1-4H3,(H,14,15). The van der Waals surface area contributed by atoms with Crippen LogP contribution in [-0.4, -0.2) is 16.1 Å². The number of nitrogens with zero attached hydrogens (tertiary/aromatic N) is 1. The Morgan fingerprint density at radius 3 is 2.31 bits per heavy atom. The van der Waals surface area contributed by atoms with Crippen LogP contribution >= 0.6 is 11.3 Å². The molecule has 0 unspecified atom stereocenters. The van der Waals surface area contributed by atoms with Crippen molar-refractivity contribution >= 4 is 17.3 Å². The summed E-state index contributed by atoms with van der Waals surface area (Å²) in [4.78, 5) is 16.3. The molecule has 0 aliphatic heterocycles. The molecule has 0 atom stereocenters. The Kier molecular flexibility index (Phi) is 4.47. The maximum absolute atomic E-state index is 11.1. The highest BCUT2D eigenvalue weighted by atomic mass is 32.1. The fourth-order valence-electron chi connectivity index (χ4n) is 1.69. The fourth-order valence-corrected chi connectivity index (χ4v) is 3.01. The molecule has 0 spiro atoms. The van der Waals surface area contributed by atoms with Gasteiger partial charge in [0.05, 0.1) is 5.01 Å². The quantitative estimate of drug-likeness (QED) is 0.851. The van der Waals surface area contributed by atoms with Crippen molar-refractivity contribution < 1.29 is 9.90 Å². The molecule has 4 heteroatoms. The molecule has 1 N–H and O–H groups in total. The van der Waals surface area contributed by atoms with Crippen LogP contribution in [0.15, 0.2) is 0 Å². The minimum atomic E-state index is -0.898. The molecule has 0 saturated heterocycles. The van der Waals surface area contributed by atoms with Gasteiger partial charge >= 0.3 is 5.97 Å². The highest BCUT2D eigenvalue weighted by Crippen LogP contribution is 2.34. The van der Waals surface area contributed by atoms with Gasteiger partial charge in [0.1, 0.15) is 0 Å². The van der Waals surface area contributed by atoms with Gasteiger partial charge in [-0.1, -0.05) is 27.7 Å². The third-order valence-electron chi connectivity index (χ3n) is 2.72. The van der Waals surface area contributed by atoms with Gasteiger partial charge in [0.15, 0.2) is 5.69 Å². The molecule has 1 aromatic heterocycles. The van der Waals surface area contributed by atoms with Gasteiger partial charge in [0.25, 0.3) is 0 Å². The Morgan fingerprint density at radius 1 is 1.38 bits per heavy atom. The summed E-state index contributed by atoms with van der Waals surface area (Å²) in [6.07, 6.45) is 1.94. The molecule has 0 fully saturated rings. The second kappa shape index (κ2) is 5.43. The van der Waals surface area contributed by atoms with E-state index in [9.17, 15) is 4.79 Å². The van der Waals surface area contributed by atoms with Gasteiger partial charge in [-0.25, -0.2) is 9.78 Å². The number of thiazole rings is 1. The highest BCUT2D eigenvalue weighted by Gasteiger charge is 2.23. The first-order chi connectivity index (χ1) is 7.51. The van der Waals surface area contributed by atoms with Crippen LogP contribution in [0.2, 0.25) is 0 Å². The maximum atomic E-state index is 11.1. The summed E-state index contributed by atoms with van der Waals surface area (Å²) >= 11 is 1.56. The predicted octanol–water partition coefficient (Wildman–Crippen LogP) is 3.87. The molecule has 0 aliphatic carbocycles. The van der Waals surface area contributed by atoms with Gasteiger partial charge in [0.2, 0.25) is 0 Å². The van der Waals surface area contributed by atoms with E-state index in [0.717, 1.165) is 22.7 Å². The lowest BCUT2D eigenvalue weighted by atomic mass is 10.0. The third kappa shape index (κ3) is 2.61. The third-order valence-corrected chi connectivity index (χ3v) is 4.24. The summed E-state index contributed by atoms with van der Waals surface area (Å²) in [5.41, 5.74) is 0.266. The SMILES string of the molecule is CCC(CC)c1sc(C(C)C)nc1C(=O)O. The summed E-state index contributed by atoms with van der Waals surface area (Å²) in [5.74, 6) is -0.271. The molecule has 0 aromatic carbocycles. The van der Waals surface area contributed by atoms with Gasteiger partial charge in [-0.15, -0.1) is 11.3 Å². The Bertz CT molecular complexity index is 367. The Labute approximate surface area is 101 Å². The minimum Gasteiger partial charge on any atom is -0.476 e. The van der Waals surface area contributed by atoms with Crippen LogP contribution in [0, 0.1) is 0 Å². The van der Waals surface area contributed by atoms with Crippen LogP contribution in [-0.2, 0) is 0 Å². The van der Waals surface area contributed by atoms with Crippen LogP contribution in [0.1, 0.15) is 72.7 Å². The number of carbonyl (C=O) groups is 1. The number of aromatic nitrogens is 1. The van der Waals surface area contributed by atoms with E-state index in [1.165, 1.54) is 0 Å². The van der Waals surface area contributed by atoms with Crippen LogP contribution in [0.25, 0.3) is 0 Å². The first kappa shape index (κ1) is 13.2. The Balaban J connectivity index is 3.19. The summed E-state index contributed by atoms with van der Waals surface area (Å²) in [5, 5.41) is 10.1. The van der Waals surface area contributed by atoms with Gasteiger partial charge < -0.3 is 5.11 Å². The summed E-state index contributed by atoms with van der Waals surface area (Å²) < 4.78 is 0. The zero-order valence-corrected chi connectivity index (χ0v) is 11.1. The molecular formula is C12H19NO2S. The summed E-state index contributed by atoms with van der Waals surface area (Å²) in [6.45, 7) is 8.27. The van der Waals surface area contributed by atoms with Crippen molar-refractivity contribution in [2.75, 3.05) is 0 Å². The Hall–Kier alpha value is -0.900. The molecule has 0 aliphatic rings. The van der Waals surface area contributed by atoms with Gasteiger partial charge in [-0.05, 0) is 18.8 Å². The van der Waals surface area contributed by atoms with Crippen molar-refractivity contribution in [3.63, 3.8) is 0 Å². The number of rotatable bonds is 5. The smallest absolute Gasteiger partial charge is 0.355 e. The predicted molar refractivity (Wildman–Crippen MR) is 66.5 cm³/mol. The van der Waals surface area contributed by atoms with Crippen molar-refractivity contribution in [1.29, 1.82) is 0 Å². The highest BCUT2D eigenvalue weighted by molar-refractivity contribution is 7.12. The van der Waals surface area contributed by atoms with E-state index in [2.05, 4.69) is 18.8 Å². The van der Waals surface area contributed by atoms with E-state index >= 15 is 0 Å². The van der Waals surface area contributed by atoms with E-state index in [0.29, 0.717) is 11.8 Å². The number of carboxylic acid groups (broad SMARTS) is 1. The van der Waals surface area contributed by atoms with Crippen LogP contribution in [0.3, 0.4) is 0 Å². The maximum Gasteiger partial charge on any atom is 0.355 e. The molecular weight excluding hydrogens is 222 g/mol. The van der Waals surface area contributed by atoms with E-state index < -0.39 is 5.97 Å². The molecule has 0 saturated carbocycles. The Morgan fingerprint density at radius 2 is 1.94 bits per heavy atom. The monoisotopic (exact) mass is 241 g/mol. The normalized spacial score (nSPS) is 11.4. The van der Waals surface area contributed by atoms with Gasteiger partial charge in [-0.2, -0.15) is 0 Å². The second-order valence-electron chi connectivity index (χ2n) is 4.24. The molecule has 1 rings (SSSR count). The van der Waals surface area contributed by atoms with Crippen molar-refractivity contribution in [1.82, 2.24) is 4.98 Å². The summed E-state index contributed by atoms with van der Waals surface area (Å²) in [7, 11) is 0. The van der Waals surface area contributed by atoms with Crippen LogP contribution < -0.4 is 0 Å². The van der Waals surface area contributed by atoms with E-state index in [1.54, 1.807) is 11.3 Å². The van der Waals surface area contributed by atoms with Crippen molar-refractivity contribution in [2.24, 2.45) is 0 Å². The molecule has 0 bridgehead atoms. The lowest BCUT2D eigenvalue weighted by Gasteiger charge is -2.09. The molecule has 1 aromatic rings. The van der Waals surface area contributed by atoms with E-state index in [1.807, 2.05) is 13.8 Å². The molecule has 0 amide bonds. The first-order valence-electron chi connectivity index (χ1n) is 5.75. The average molecular weight is 241 g/mol. The molecule has 3 nitrogen and oxygen atoms in total. The van der Waals surface area contributed by atoms with Gasteiger partial charge in [0, 0.05) is 10.8 Å². The lowest BCUT2D eigenvalue weighted by molar-refractivity contribution is 0.0689. The minimum absolute atomic E-state index is 0.266.